The topological polar surface area (TPSA) is 93.1 Å². The van der Waals surface area contributed by atoms with Gasteiger partial charge in [-0.25, -0.2) is 14.5 Å². The van der Waals surface area contributed by atoms with Gasteiger partial charge in [-0.3, -0.25) is 5.32 Å². The van der Waals surface area contributed by atoms with Crippen molar-refractivity contribution in [3.05, 3.63) is 89.7 Å². The fourth-order valence-corrected chi connectivity index (χ4v) is 4.43. The van der Waals surface area contributed by atoms with Gasteiger partial charge in [0.15, 0.2) is 10.9 Å². The Morgan fingerprint density at radius 1 is 1.10 bits per heavy atom. The molecule has 0 radical (unpaired) electrons. The average Bonchev–Trinajstić information content (AvgIpc) is 3.44. The molecule has 12 heteroatoms. The number of anilines is 1. The van der Waals surface area contributed by atoms with E-state index >= 15 is 0 Å². The molecule has 42 heavy (non-hydrogen) atoms. The largest absolute Gasteiger partial charge is 0.573 e. The molecule has 1 heterocycles. The Balaban J connectivity index is 1.29. The number of hydrogen-bond acceptors (Lipinski definition) is 5. The number of hydrogen-bond donors (Lipinski definition) is 3. The molecular weight excluding hydrogens is 565 g/mol. The molecule has 0 aliphatic heterocycles. The average molecular weight is 597 g/mol. The summed E-state index contributed by atoms with van der Waals surface area (Å²) in [4.78, 5) is 16.8. The summed E-state index contributed by atoms with van der Waals surface area (Å²) in [5.41, 5.74) is 5.43. The van der Waals surface area contributed by atoms with Crippen LogP contribution in [0.5, 0.6) is 5.75 Å². The fourth-order valence-electron chi connectivity index (χ4n) is 4.23. The van der Waals surface area contributed by atoms with E-state index in [9.17, 15) is 18.0 Å². The maximum atomic E-state index is 12.4. The smallest absolute Gasteiger partial charge is 0.406 e. The van der Waals surface area contributed by atoms with Gasteiger partial charge in [0.05, 0.1) is 5.69 Å². The minimum atomic E-state index is -4.75. The van der Waals surface area contributed by atoms with E-state index in [0.29, 0.717) is 30.4 Å². The predicted molar refractivity (Wildman–Crippen MR) is 160 cm³/mol. The van der Waals surface area contributed by atoms with Gasteiger partial charge >= 0.3 is 12.4 Å². The molecule has 3 aromatic carbocycles. The molecule has 0 saturated heterocycles. The molecule has 0 aliphatic carbocycles. The molecule has 0 spiro atoms. The number of carbonyl (C=O) groups excluding carboxylic acids is 1. The van der Waals surface area contributed by atoms with Crippen LogP contribution in [0.2, 0.25) is 0 Å². The number of halogens is 3. The maximum absolute atomic E-state index is 12.4. The third-order valence-electron chi connectivity index (χ3n) is 6.54. The first-order valence-corrected chi connectivity index (χ1v) is 13.7. The molecule has 1 unspecified atom stereocenters. The zero-order valence-corrected chi connectivity index (χ0v) is 24.1. The van der Waals surface area contributed by atoms with Crippen molar-refractivity contribution in [2.75, 3.05) is 11.9 Å². The van der Waals surface area contributed by atoms with Crippen molar-refractivity contribution in [2.24, 2.45) is 0 Å². The molecule has 1 aromatic heterocycles. The summed E-state index contributed by atoms with van der Waals surface area (Å²) in [6.07, 6.45) is -1.74. The molecule has 2 amide bonds. The Labute approximate surface area is 247 Å². The number of thiocarbonyl (C=S) groups is 1. The Kier molecular flexibility index (Phi) is 9.79. The second kappa shape index (κ2) is 13.5. The van der Waals surface area contributed by atoms with Gasteiger partial charge in [-0.15, -0.1) is 18.3 Å². The highest BCUT2D eigenvalue weighted by Gasteiger charge is 2.31. The molecule has 1 atom stereocenters. The molecule has 4 rings (SSSR count). The Bertz CT molecular complexity index is 1540. The molecule has 0 fully saturated rings. The molecule has 4 aromatic rings. The summed E-state index contributed by atoms with van der Waals surface area (Å²) in [5.74, 6) is 0.473. The van der Waals surface area contributed by atoms with Crippen molar-refractivity contribution in [3.8, 4) is 22.8 Å². The highest BCUT2D eigenvalue weighted by Crippen LogP contribution is 2.28. The van der Waals surface area contributed by atoms with Crippen LogP contribution >= 0.6 is 12.2 Å². The number of nitrogens with zero attached hydrogens (tertiary/aromatic N) is 3. The van der Waals surface area contributed by atoms with Gasteiger partial charge in [-0.05, 0) is 85.4 Å². The summed E-state index contributed by atoms with van der Waals surface area (Å²) >= 11 is 5.36. The van der Waals surface area contributed by atoms with Crippen LogP contribution < -0.4 is 20.7 Å². The van der Waals surface area contributed by atoms with E-state index in [1.807, 2.05) is 43.3 Å². The van der Waals surface area contributed by atoms with Crippen LogP contribution in [-0.4, -0.2) is 38.8 Å². The number of alkyl halides is 3. The second-order valence-corrected chi connectivity index (χ2v) is 10.1. The lowest BCUT2D eigenvalue weighted by atomic mass is 9.95. The van der Waals surface area contributed by atoms with Crippen molar-refractivity contribution < 1.29 is 22.7 Å². The van der Waals surface area contributed by atoms with Crippen molar-refractivity contribution in [2.45, 2.75) is 45.9 Å². The maximum Gasteiger partial charge on any atom is 0.573 e. The predicted octanol–water partition coefficient (Wildman–Crippen LogP) is 6.89. The Hall–Kier alpha value is -4.45. The summed E-state index contributed by atoms with van der Waals surface area (Å²) < 4.78 is 42.6. The number of amides is 2. The van der Waals surface area contributed by atoms with Crippen LogP contribution in [0.4, 0.5) is 23.7 Å². The molecule has 8 nitrogen and oxygen atoms in total. The molecule has 0 bridgehead atoms. The van der Waals surface area contributed by atoms with Crippen LogP contribution in [0.3, 0.4) is 0 Å². The lowest BCUT2D eigenvalue weighted by molar-refractivity contribution is -0.274. The third kappa shape index (κ3) is 8.53. The number of nitrogens with one attached hydrogen (secondary N) is 3. The van der Waals surface area contributed by atoms with Crippen molar-refractivity contribution in [1.82, 2.24) is 25.4 Å². The summed E-state index contributed by atoms with van der Waals surface area (Å²) in [7, 11) is 0. The lowest BCUT2D eigenvalue weighted by Crippen LogP contribution is -2.42. The first-order valence-electron chi connectivity index (χ1n) is 13.3. The molecule has 0 aliphatic rings. The van der Waals surface area contributed by atoms with Crippen molar-refractivity contribution in [1.29, 1.82) is 0 Å². The number of rotatable bonds is 9. The zero-order chi connectivity index (χ0) is 30.3. The van der Waals surface area contributed by atoms with Crippen LogP contribution in [0.15, 0.2) is 73.1 Å². The van der Waals surface area contributed by atoms with Crippen LogP contribution in [0.1, 0.15) is 42.9 Å². The van der Waals surface area contributed by atoms with Gasteiger partial charge < -0.3 is 15.4 Å². The summed E-state index contributed by atoms with van der Waals surface area (Å²) in [5, 5.41) is 13.3. The van der Waals surface area contributed by atoms with Crippen LogP contribution in [0, 0.1) is 6.92 Å². The van der Waals surface area contributed by atoms with Crippen LogP contribution in [0.25, 0.3) is 17.1 Å². The normalized spacial score (nSPS) is 12.0. The van der Waals surface area contributed by atoms with Gasteiger partial charge in [0.1, 0.15) is 12.1 Å². The van der Waals surface area contributed by atoms with Gasteiger partial charge in [-0.2, -0.15) is 0 Å². The lowest BCUT2D eigenvalue weighted by Gasteiger charge is -2.18. The van der Waals surface area contributed by atoms with Gasteiger partial charge in [0.2, 0.25) is 0 Å². The Morgan fingerprint density at radius 3 is 2.57 bits per heavy atom. The molecule has 220 valence electrons. The highest BCUT2D eigenvalue weighted by atomic mass is 32.1. The van der Waals surface area contributed by atoms with Crippen molar-refractivity contribution in [3.63, 3.8) is 0 Å². The molecular formula is C30H31F3N6O2S. The highest BCUT2D eigenvalue weighted by molar-refractivity contribution is 7.80. The second-order valence-electron chi connectivity index (χ2n) is 9.74. The third-order valence-corrected chi connectivity index (χ3v) is 6.74. The van der Waals surface area contributed by atoms with E-state index in [4.69, 9.17) is 12.2 Å². The van der Waals surface area contributed by atoms with Crippen LogP contribution in [-0.2, 0) is 6.42 Å². The van der Waals surface area contributed by atoms with E-state index in [1.165, 1.54) is 35.3 Å². The van der Waals surface area contributed by atoms with E-state index in [2.05, 4.69) is 50.7 Å². The quantitative estimate of drug-likeness (QED) is 0.182. The van der Waals surface area contributed by atoms with Crippen molar-refractivity contribution >= 4 is 29.0 Å². The number of carbonyl (C=O) groups is 1. The van der Waals surface area contributed by atoms with Gasteiger partial charge in [0, 0.05) is 17.8 Å². The fraction of sp³-hybridized carbons (Fsp3) is 0.267. The minimum absolute atomic E-state index is 0.215. The first kappa shape index (κ1) is 30.5. The van der Waals surface area contributed by atoms with Gasteiger partial charge in [0.25, 0.3) is 0 Å². The number of benzene rings is 3. The monoisotopic (exact) mass is 596 g/mol. The number of aromatic nitrogens is 3. The SMILES string of the molecule is CCC(C)c1cc(C)ccc1NC(=S)NC(=O)NCCc1cccc(-c2ncn(-c3ccc(OC(F)(F)F)cc3)n2)c1. The van der Waals surface area contributed by atoms with E-state index < -0.39 is 12.4 Å². The summed E-state index contributed by atoms with van der Waals surface area (Å²) in [6.45, 7) is 6.69. The van der Waals surface area contributed by atoms with E-state index in [1.54, 1.807) is 0 Å². The van der Waals surface area contributed by atoms with E-state index in [0.717, 1.165) is 34.4 Å². The Morgan fingerprint density at radius 2 is 1.86 bits per heavy atom. The molecule has 3 N–H and O–H groups in total. The van der Waals surface area contributed by atoms with E-state index in [-0.39, 0.29) is 10.9 Å². The minimum Gasteiger partial charge on any atom is -0.406 e. The molecule has 0 saturated carbocycles. The number of aryl methyl sites for hydroxylation is 1. The standard InChI is InChI=1S/C30H31F3N6O2S/c1-4-20(3)25-16-19(2)8-13-26(25)36-29(42)37-28(40)34-15-14-21-6-5-7-22(17-21)27-35-18-39(38-27)23-9-11-24(12-10-23)41-30(31,32)33/h5-13,16-18,20H,4,14-15H2,1-3H3,(H3,34,36,37,40,42). The first-order chi connectivity index (χ1) is 20.0. The van der Waals surface area contributed by atoms with Gasteiger partial charge in [-0.1, -0.05) is 49.7 Å². The number of urea groups is 1. The zero-order valence-electron chi connectivity index (χ0n) is 23.3. The number of ether oxygens (including phenoxy) is 1. The summed E-state index contributed by atoms with van der Waals surface area (Å²) in [6, 6.07) is 18.6.